The smallest absolute Gasteiger partial charge is 0.163 e. The molecule has 1 atom stereocenters. The van der Waals surface area contributed by atoms with Gasteiger partial charge >= 0.3 is 0 Å². The van der Waals surface area contributed by atoms with Gasteiger partial charge in [-0.25, -0.2) is 15.0 Å². The van der Waals surface area contributed by atoms with Crippen LogP contribution in [-0.4, -0.2) is 57.1 Å². The first-order valence-electron chi connectivity index (χ1n) is 11.1. The van der Waals surface area contributed by atoms with Crippen molar-refractivity contribution in [2.75, 3.05) is 24.5 Å². The van der Waals surface area contributed by atoms with Gasteiger partial charge in [0, 0.05) is 50.3 Å². The molecule has 5 rings (SSSR count). The highest BCUT2D eigenvalue weighted by Gasteiger charge is 2.30. The van der Waals surface area contributed by atoms with E-state index in [0.29, 0.717) is 17.4 Å². The third kappa shape index (κ3) is 3.75. The largest absolute Gasteiger partial charge is 0.354 e. The molecule has 7 nitrogen and oxygen atoms in total. The Morgan fingerprint density at radius 2 is 2.12 bits per heavy atom. The molecule has 1 fully saturated rings. The number of aliphatic imine (C=N–C) groups is 1. The molecule has 2 aliphatic heterocycles. The number of carbonyl (C=O) groups excluding carboxylic acids is 1. The standard InChI is InChI=1S/C24H27ClN6O/c1-14(2)8-20(32)17-5-4-16-10-21(29-19(16)9-17)31-7-6-30(12-15(31)3)24-22-18(25)11-26-23(22)27-13-28-24/h4-5,9,11,13-15H,6-8,10,12H2,1-3H3,(H,26,27,28)/t15-/m0/s1. The van der Waals surface area contributed by atoms with Crippen LogP contribution in [0.1, 0.15) is 43.1 Å². The van der Waals surface area contributed by atoms with E-state index in [4.69, 9.17) is 16.6 Å². The number of Topliss-reactive ketones (excluding diaryl/α,β-unsaturated/α-hetero) is 1. The van der Waals surface area contributed by atoms with Crippen LogP contribution in [0.3, 0.4) is 0 Å². The summed E-state index contributed by atoms with van der Waals surface area (Å²) in [6, 6.07) is 6.23. The Morgan fingerprint density at radius 3 is 2.91 bits per heavy atom. The molecule has 1 saturated heterocycles. The third-order valence-corrected chi connectivity index (χ3v) is 6.56. The van der Waals surface area contributed by atoms with Crippen LogP contribution in [0.25, 0.3) is 11.0 Å². The first-order valence-corrected chi connectivity index (χ1v) is 11.5. The summed E-state index contributed by atoms with van der Waals surface area (Å²) in [5.74, 6) is 2.49. The molecule has 8 heteroatoms. The number of hydrogen-bond acceptors (Lipinski definition) is 6. The van der Waals surface area contributed by atoms with Crippen LogP contribution in [0.5, 0.6) is 0 Å². The minimum atomic E-state index is 0.188. The highest BCUT2D eigenvalue weighted by Crippen LogP contribution is 2.33. The number of nitrogens with zero attached hydrogens (tertiary/aromatic N) is 5. The Balaban J connectivity index is 1.33. The summed E-state index contributed by atoms with van der Waals surface area (Å²) in [5, 5.41) is 1.52. The number of ketones is 1. The fourth-order valence-electron chi connectivity index (χ4n) is 4.68. The number of carbonyl (C=O) groups is 1. The third-order valence-electron chi connectivity index (χ3n) is 6.26. The van der Waals surface area contributed by atoms with Gasteiger partial charge in [-0.3, -0.25) is 4.79 Å². The summed E-state index contributed by atoms with van der Waals surface area (Å²) >= 11 is 6.39. The summed E-state index contributed by atoms with van der Waals surface area (Å²) in [5.41, 5.74) is 3.64. The summed E-state index contributed by atoms with van der Waals surface area (Å²) in [6.07, 6.45) is 4.71. The van der Waals surface area contributed by atoms with Gasteiger partial charge in [-0.15, -0.1) is 0 Å². The van der Waals surface area contributed by atoms with Crippen LogP contribution in [0.15, 0.2) is 35.7 Å². The van der Waals surface area contributed by atoms with E-state index in [-0.39, 0.29) is 11.8 Å². The lowest BCUT2D eigenvalue weighted by Gasteiger charge is -2.41. The molecule has 0 aliphatic carbocycles. The summed E-state index contributed by atoms with van der Waals surface area (Å²) in [6.45, 7) is 8.84. The van der Waals surface area contributed by atoms with Crippen molar-refractivity contribution in [2.24, 2.45) is 10.9 Å². The summed E-state index contributed by atoms with van der Waals surface area (Å²) in [7, 11) is 0. The van der Waals surface area contributed by atoms with Gasteiger partial charge in [0.1, 0.15) is 23.6 Å². The van der Waals surface area contributed by atoms with E-state index in [2.05, 4.69) is 51.6 Å². The number of aromatic nitrogens is 3. The van der Waals surface area contributed by atoms with Crippen molar-refractivity contribution in [2.45, 2.75) is 39.7 Å². The molecule has 4 heterocycles. The minimum absolute atomic E-state index is 0.188. The first-order chi connectivity index (χ1) is 15.4. The maximum atomic E-state index is 12.5. The molecule has 1 aromatic carbocycles. The van der Waals surface area contributed by atoms with Crippen LogP contribution in [0.4, 0.5) is 11.5 Å². The number of halogens is 1. The van der Waals surface area contributed by atoms with Crippen LogP contribution in [0, 0.1) is 5.92 Å². The normalized spacial score (nSPS) is 18.4. The molecule has 0 spiro atoms. The van der Waals surface area contributed by atoms with Crippen molar-refractivity contribution < 1.29 is 4.79 Å². The molecule has 166 valence electrons. The van der Waals surface area contributed by atoms with E-state index in [1.165, 1.54) is 5.56 Å². The number of aromatic amines is 1. The van der Waals surface area contributed by atoms with Crippen LogP contribution < -0.4 is 4.90 Å². The predicted octanol–water partition coefficient (Wildman–Crippen LogP) is 4.64. The zero-order valence-electron chi connectivity index (χ0n) is 18.6. The lowest BCUT2D eigenvalue weighted by atomic mass is 9.99. The molecule has 2 aromatic heterocycles. The molecule has 0 amide bonds. The topological polar surface area (TPSA) is 77.5 Å². The molecule has 3 aromatic rings. The number of benzene rings is 1. The van der Waals surface area contributed by atoms with Gasteiger partial charge < -0.3 is 14.8 Å². The van der Waals surface area contributed by atoms with E-state index in [1.807, 2.05) is 12.1 Å². The van der Waals surface area contributed by atoms with Crippen LogP contribution in [-0.2, 0) is 6.42 Å². The average Bonchev–Trinajstić information content (AvgIpc) is 3.36. The number of fused-ring (bicyclic) bond motifs is 2. The van der Waals surface area contributed by atoms with Crippen molar-refractivity contribution in [1.29, 1.82) is 0 Å². The fourth-order valence-corrected chi connectivity index (χ4v) is 4.91. The monoisotopic (exact) mass is 450 g/mol. The van der Waals surface area contributed by atoms with E-state index in [9.17, 15) is 4.79 Å². The number of hydrogen-bond donors (Lipinski definition) is 1. The van der Waals surface area contributed by atoms with Gasteiger partial charge in [-0.2, -0.15) is 0 Å². The Kier molecular flexibility index (Phi) is 5.37. The lowest BCUT2D eigenvalue weighted by Crippen LogP contribution is -2.54. The number of H-pyrrole nitrogens is 1. The fraction of sp³-hybridized carbons (Fsp3) is 0.417. The first kappa shape index (κ1) is 20.9. The van der Waals surface area contributed by atoms with E-state index in [1.54, 1.807) is 12.5 Å². The van der Waals surface area contributed by atoms with Crippen molar-refractivity contribution in [3.8, 4) is 0 Å². The molecule has 2 aliphatic rings. The van der Waals surface area contributed by atoms with Gasteiger partial charge in [0.25, 0.3) is 0 Å². The van der Waals surface area contributed by atoms with Crippen molar-refractivity contribution in [1.82, 2.24) is 19.9 Å². The Bertz CT molecular complexity index is 1220. The molecular weight excluding hydrogens is 424 g/mol. The molecule has 1 N–H and O–H groups in total. The van der Waals surface area contributed by atoms with Gasteiger partial charge in [0.15, 0.2) is 5.78 Å². The van der Waals surface area contributed by atoms with E-state index in [0.717, 1.165) is 60.0 Å². The van der Waals surface area contributed by atoms with Crippen molar-refractivity contribution in [3.05, 3.63) is 46.9 Å². The predicted molar refractivity (Wildman–Crippen MR) is 128 cm³/mol. The minimum Gasteiger partial charge on any atom is -0.354 e. The molecule has 32 heavy (non-hydrogen) atoms. The summed E-state index contributed by atoms with van der Waals surface area (Å²) in [4.78, 5) is 34.0. The maximum Gasteiger partial charge on any atom is 0.163 e. The quantitative estimate of drug-likeness (QED) is 0.586. The number of anilines is 1. The molecule has 0 radical (unpaired) electrons. The SMILES string of the molecule is CC(C)CC(=O)c1ccc2c(c1)N=C(N1CCN(c3ncnc4[nH]cc(Cl)c34)C[C@@H]1C)C2. The molecular formula is C24H27ClN6O. The van der Waals surface area contributed by atoms with E-state index < -0.39 is 0 Å². The lowest BCUT2D eigenvalue weighted by molar-refractivity contribution is 0.0968. The van der Waals surface area contributed by atoms with Crippen molar-refractivity contribution in [3.63, 3.8) is 0 Å². The van der Waals surface area contributed by atoms with Gasteiger partial charge in [0.2, 0.25) is 0 Å². The second-order valence-corrected chi connectivity index (χ2v) is 9.52. The van der Waals surface area contributed by atoms with Gasteiger partial charge in [-0.05, 0) is 24.5 Å². The zero-order valence-corrected chi connectivity index (χ0v) is 19.4. The van der Waals surface area contributed by atoms with Crippen molar-refractivity contribution >= 4 is 45.8 Å². The number of amidine groups is 1. The van der Waals surface area contributed by atoms with Gasteiger partial charge in [-0.1, -0.05) is 37.6 Å². The van der Waals surface area contributed by atoms with Gasteiger partial charge in [0.05, 0.1) is 16.1 Å². The number of nitrogens with one attached hydrogen (secondary N) is 1. The Morgan fingerprint density at radius 1 is 1.28 bits per heavy atom. The molecule has 0 bridgehead atoms. The molecule has 0 unspecified atom stereocenters. The maximum absolute atomic E-state index is 12.5. The summed E-state index contributed by atoms with van der Waals surface area (Å²) < 4.78 is 0. The Hall–Kier alpha value is -2.93. The van der Waals surface area contributed by atoms with Crippen LogP contribution in [0.2, 0.25) is 5.02 Å². The highest BCUT2D eigenvalue weighted by molar-refractivity contribution is 6.36. The highest BCUT2D eigenvalue weighted by atomic mass is 35.5. The number of piperazine rings is 1. The Labute approximate surface area is 192 Å². The average molecular weight is 451 g/mol. The second-order valence-electron chi connectivity index (χ2n) is 9.12. The zero-order chi connectivity index (χ0) is 22.4. The van der Waals surface area contributed by atoms with E-state index >= 15 is 0 Å². The molecule has 0 saturated carbocycles. The van der Waals surface area contributed by atoms with Crippen LogP contribution >= 0.6 is 11.6 Å². The number of rotatable bonds is 4. The second kappa shape index (κ2) is 8.20.